The van der Waals surface area contributed by atoms with Crippen molar-refractivity contribution < 1.29 is 23.0 Å². The van der Waals surface area contributed by atoms with Crippen LogP contribution in [0.3, 0.4) is 0 Å². The zero-order valence-electron chi connectivity index (χ0n) is 9.87. The summed E-state index contributed by atoms with van der Waals surface area (Å²) in [5, 5.41) is 8.76. The zero-order chi connectivity index (χ0) is 12.9. The van der Waals surface area contributed by atoms with E-state index in [0.717, 1.165) is 5.56 Å². The first-order chi connectivity index (χ1) is 8.52. The molecule has 1 aromatic rings. The molecular weight excluding hydrogens is 256 g/mol. The maximum atomic E-state index is 11.6. The zero-order valence-corrected chi connectivity index (χ0v) is 10.7. The third-order valence-electron chi connectivity index (χ3n) is 3.58. The molecule has 1 aliphatic carbocycles. The average molecular weight is 270 g/mol. The molecule has 1 aliphatic heterocycles. The summed E-state index contributed by atoms with van der Waals surface area (Å²) in [5.41, 5.74) is 0.883. The summed E-state index contributed by atoms with van der Waals surface area (Å²) in [6, 6.07) is 5.43. The van der Waals surface area contributed by atoms with Crippen LogP contribution in [-0.4, -0.2) is 38.4 Å². The Bertz CT molecular complexity index is 580. The van der Waals surface area contributed by atoms with Crippen molar-refractivity contribution in [2.75, 3.05) is 19.7 Å². The number of aliphatic hydroxyl groups excluding tert-OH is 1. The van der Waals surface area contributed by atoms with Crippen molar-refractivity contribution in [3.8, 4) is 11.5 Å². The highest BCUT2D eigenvalue weighted by atomic mass is 32.2. The van der Waals surface area contributed by atoms with E-state index < -0.39 is 15.1 Å². The quantitative estimate of drug-likeness (QED) is 0.867. The molecule has 0 amide bonds. The first-order valence-corrected chi connectivity index (χ1v) is 7.67. The molecule has 6 heteroatoms. The molecule has 0 aromatic heterocycles. The summed E-state index contributed by atoms with van der Waals surface area (Å²) in [7, 11) is -3.13. The van der Waals surface area contributed by atoms with Crippen molar-refractivity contribution in [1.82, 2.24) is 0 Å². The van der Waals surface area contributed by atoms with Crippen LogP contribution in [0, 0.1) is 5.92 Å². The standard InChI is InChI=1S/C12H14O5S/c1-18(14,15)12-8(5-13)11(12)7-2-3-9-10(4-7)17-6-16-9/h2-4,8,11-13H,5-6H2,1H3/t8-,11+,12+/m0/s1. The van der Waals surface area contributed by atoms with Gasteiger partial charge in [-0.2, -0.15) is 0 Å². The van der Waals surface area contributed by atoms with E-state index in [2.05, 4.69) is 0 Å². The van der Waals surface area contributed by atoms with Crippen LogP contribution in [-0.2, 0) is 9.84 Å². The SMILES string of the molecule is CS(=O)(=O)[C@@H]1[C@@H](CO)[C@H]1c1ccc2c(c1)OCO2. The van der Waals surface area contributed by atoms with Crippen LogP contribution in [0.4, 0.5) is 0 Å². The maximum Gasteiger partial charge on any atom is 0.231 e. The third kappa shape index (κ3) is 1.76. The predicted octanol–water partition coefficient (Wildman–Crippen LogP) is 0.534. The number of hydrogen-bond donors (Lipinski definition) is 1. The molecule has 0 saturated heterocycles. The van der Waals surface area contributed by atoms with E-state index in [9.17, 15) is 13.5 Å². The summed E-state index contributed by atoms with van der Waals surface area (Å²) < 4.78 is 33.7. The number of hydrogen-bond acceptors (Lipinski definition) is 5. The van der Waals surface area contributed by atoms with E-state index in [1.807, 2.05) is 6.07 Å². The molecule has 3 rings (SSSR count). The Labute approximate surface area is 105 Å². The van der Waals surface area contributed by atoms with E-state index in [4.69, 9.17) is 9.47 Å². The fraction of sp³-hybridized carbons (Fsp3) is 0.500. The van der Waals surface area contributed by atoms with E-state index in [0.29, 0.717) is 11.5 Å². The molecule has 0 radical (unpaired) electrons. The van der Waals surface area contributed by atoms with Crippen LogP contribution < -0.4 is 9.47 Å². The molecule has 0 bridgehead atoms. The summed E-state index contributed by atoms with van der Waals surface area (Å²) in [6.45, 7) is 0.0826. The molecule has 0 unspecified atom stereocenters. The first-order valence-electron chi connectivity index (χ1n) is 5.71. The van der Waals surface area contributed by atoms with Gasteiger partial charge in [-0.05, 0) is 17.7 Å². The van der Waals surface area contributed by atoms with Gasteiger partial charge in [-0.15, -0.1) is 0 Å². The molecule has 5 nitrogen and oxygen atoms in total. The van der Waals surface area contributed by atoms with Crippen LogP contribution in [0.2, 0.25) is 0 Å². The van der Waals surface area contributed by atoms with Gasteiger partial charge >= 0.3 is 0 Å². The largest absolute Gasteiger partial charge is 0.454 e. The Kier molecular flexibility index (Phi) is 2.53. The summed E-state index contributed by atoms with van der Waals surface area (Å²) in [6.07, 6.45) is 1.22. The van der Waals surface area contributed by atoms with Crippen molar-refractivity contribution in [2.24, 2.45) is 5.92 Å². The minimum atomic E-state index is -3.13. The molecule has 1 N–H and O–H groups in total. The summed E-state index contributed by atoms with van der Waals surface area (Å²) >= 11 is 0. The molecular formula is C12H14O5S. The van der Waals surface area contributed by atoms with Crippen molar-refractivity contribution in [3.05, 3.63) is 23.8 Å². The first kappa shape index (κ1) is 11.8. The number of benzene rings is 1. The molecule has 3 atom stereocenters. The minimum absolute atomic E-state index is 0.114. The molecule has 1 heterocycles. The lowest BCUT2D eigenvalue weighted by molar-refractivity contribution is 0.174. The Balaban J connectivity index is 1.92. The number of fused-ring (bicyclic) bond motifs is 1. The predicted molar refractivity (Wildman–Crippen MR) is 64.5 cm³/mol. The highest BCUT2D eigenvalue weighted by molar-refractivity contribution is 7.91. The highest BCUT2D eigenvalue weighted by Gasteiger charge is 2.56. The highest BCUT2D eigenvalue weighted by Crippen LogP contribution is 2.53. The second-order valence-corrected chi connectivity index (χ2v) is 6.98. The molecule has 18 heavy (non-hydrogen) atoms. The second kappa shape index (κ2) is 3.86. The Morgan fingerprint density at radius 2 is 2.06 bits per heavy atom. The van der Waals surface area contributed by atoms with Gasteiger partial charge in [0, 0.05) is 24.7 Å². The minimum Gasteiger partial charge on any atom is -0.454 e. The van der Waals surface area contributed by atoms with Crippen LogP contribution >= 0.6 is 0 Å². The molecule has 1 aromatic carbocycles. The van der Waals surface area contributed by atoms with E-state index in [1.54, 1.807) is 12.1 Å². The van der Waals surface area contributed by atoms with Gasteiger partial charge in [0.05, 0.1) is 5.25 Å². The van der Waals surface area contributed by atoms with Crippen LogP contribution in [0.5, 0.6) is 11.5 Å². The van der Waals surface area contributed by atoms with Crippen molar-refractivity contribution in [2.45, 2.75) is 11.2 Å². The van der Waals surface area contributed by atoms with Gasteiger partial charge in [0.15, 0.2) is 21.3 Å². The van der Waals surface area contributed by atoms with Crippen molar-refractivity contribution in [3.63, 3.8) is 0 Å². The van der Waals surface area contributed by atoms with Crippen molar-refractivity contribution >= 4 is 9.84 Å². The molecule has 98 valence electrons. The number of ether oxygens (including phenoxy) is 2. The Morgan fingerprint density at radius 3 is 2.67 bits per heavy atom. The fourth-order valence-electron chi connectivity index (χ4n) is 2.70. The van der Waals surface area contributed by atoms with Crippen LogP contribution in [0.1, 0.15) is 11.5 Å². The van der Waals surface area contributed by atoms with Gasteiger partial charge < -0.3 is 14.6 Å². The number of rotatable bonds is 3. The Morgan fingerprint density at radius 1 is 1.33 bits per heavy atom. The monoisotopic (exact) mass is 270 g/mol. The van der Waals surface area contributed by atoms with Gasteiger partial charge in [-0.25, -0.2) is 8.42 Å². The van der Waals surface area contributed by atoms with E-state index in [-0.39, 0.29) is 25.2 Å². The third-order valence-corrected chi connectivity index (χ3v) is 5.21. The fourth-order valence-corrected chi connectivity index (χ4v) is 4.39. The molecule has 2 aliphatic rings. The lowest BCUT2D eigenvalue weighted by atomic mass is 10.1. The van der Waals surface area contributed by atoms with Gasteiger partial charge in [0.25, 0.3) is 0 Å². The van der Waals surface area contributed by atoms with E-state index >= 15 is 0 Å². The lowest BCUT2D eigenvalue weighted by Gasteiger charge is -2.02. The summed E-state index contributed by atoms with van der Waals surface area (Å²) in [4.78, 5) is 0. The smallest absolute Gasteiger partial charge is 0.231 e. The van der Waals surface area contributed by atoms with Crippen molar-refractivity contribution in [1.29, 1.82) is 0 Å². The molecule has 1 saturated carbocycles. The average Bonchev–Trinajstić information content (AvgIpc) is 2.90. The normalized spacial score (nSPS) is 29.3. The van der Waals surface area contributed by atoms with Crippen LogP contribution in [0.25, 0.3) is 0 Å². The lowest BCUT2D eigenvalue weighted by Crippen LogP contribution is -2.08. The topological polar surface area (TPSA) is 72.8 Å². The number of aliphatic hydroxyl groups is 1. The van der Waals surface area contributed by atoms with Crippen LogP contribution in [0.15, 0.2) is 18.2 Å². The molecule has 1 fully saturated rings. The number of sulfone groups is 1. The van der Waals surface area contributed by atoms with Gasteiger partial charge in [-0.1, -0.05) is 6.07 Å². The van der Waals surface area contributed by atoms with Gasteiger partial charge in [0.2, 0.25) is 6.79 Å². The summed E-state index contributed by atoms with van der Waals surface area (Å²) in [5.74, 6) is 0.971. The maximum absolute atomic E-state index is 11.6. The van der Waals surface area contributed by atoms with E-state index in [1.165, 1.54) is 6.26 Å². The van der Waals surface area contributed by atoms with Gasteiger partial charge in [0.1, 0.15) is 0 Å². The Hall–Kier alpha value is -1.27. The molecule has 0 spiro atoms. The van der Waals surface area contributed by atoms with Gasteiger partial charge in [-0.3, -0.25) is 0 Å². The second-order valence-electron chi connectivity index (χ2n) is 4.78.